The number of aromatic hydroxyl groups is 1. The van der Waals surface area contributed by atoms with Gasteiger partial charge in [-0.05, 0) is 18.9 Å². The average Bonchev–Trinajstić information content (AvgIpc) is 2.68. The third-order valence-electron chi connectivity index (χ3n) is 3.55. The molecule has 0 saturated carbocycles. The van der Waals surface area contributed by atoms with Gasteiger partial charge in [0.1, 0.15) is 5.75 Å². The number of phenols is 1. The second kappa shape index (κ2) is 5.40. The topological polar surface area (TPSA) is 52.6 Å². The first-order valence-corrected chi connectivity index (χ1v) is 6.42. The van der Waals surface area contributed by atoms with E-state index in [4.69, 9.17) is 0 Å². The highest BCUT2D eigenvalue weighted by molar-refractivity contribution is 5.83. The van der Waals surface area contributed by atoms with Crippen molar-refractivity contribution in [3.05, 3.63) is 29.8 Å². The van der Waals surface area contributed by atoms with Crippen LogP contribution in [0.1, 0.15) is 31.4 Å². The summed E-state index contributed by atoms with van der Waals surface area (Å²) in [5.41, 5.74) is 0.863. The van der Waals surface area contributed by atoms with E-state index in [9.17, 15) is 9.90 Å². The molecule has 2 N–H and O–H groups in total. The van der Waals surface area contributed by atoms with Gasteiger partial charge in [0.05, 0.1) is 6.04 Å². The van der Waals surface area contributed by atoms with Crippen LogP contribution >= 0.6 is 0 Å². The highest BCUT2D eigenvalue weighted by Gasteiger charge is 2.30. The molecule has 1 heterocycles. The molecule has 1 aromatic rings. The molecule has 2 rings (SSSR count). The highest BCUT2D eigenvalue weighted by Crippen LogP contribution is 2.27. The quantitative estimate of drug-likeness (QED) is 0.852. The van der Waals surface area contributed by atoms with Gasteiger partial charge in [0, 0.05) is 25.2 Å². The molecule has 0 spiro atoms. The summed E-state index contributed by atoms with van der Waals surface area (Å²) < 4.78 is 0. The second-order valence-electron chi connectivity index (χ2n) is 4.79. The van der Waals surface area contributed by atoms with Crippen molar-refractivity contribution in [3.63, 3.8) is 0 Å². The summed E-state index contributed by atoms with van der Waals surface area (Å²) >= 11 is 0. The number of para-hydroxylation sites is 1. The van der Waals surface area contributed by atoms with Gasteiger partial charge in [-0.1, -0.05) is 25.1 Å². The van der Waals surface area contributed by atoms with Gasteiger partial charge in [-0.2, -0.15) is 0 Å². The lowest BCUT2D eigenvalue weighted by Crippen LogP contribution is -2.39. The molecule has 98 valence electrons. The number of likely N-dealkylation sites (tertiary alicyclic amines) is 1. The van der Waals surface area contributed by atoms with E-state index in [2.05, 4.69) is 5.32 Å². The Morgan fingerprint density at radius 1 is 1.50 bits per heavy atom. The summed E-state index contributed by atoms with van der Waals surface area (Å²) in [6.07, 6.45) is 1.67. The highest BCUT2D eigenvalue weighted by atomic mass is 16.3. The number of likely N-dealkylation sites (N-methyl/N-ethyl adjacent to an activating group) is 1. The molecule has 2 atom stereocenters. The predicted octanol–water partition coefficient (Wildman–Crippen LogP) is 1.66. The van der Waals surface area contributed by atoms with Gasteiger partial charge in [0.15, 0.2) is 0 Å². The Hall–Kier alpha value is -1.55. The molecule has 0 radical (unpaired) electrons. The lowest BCUT2D eigenvalue weighted by atomic mass is 10.0. The molecule has 0 aromatic heterocycles. The largest absolute Gasteiger partial charge is 0.508 e. The van der Waals surface area contributed by atoms with Gasteiger partial charge in [0.2, 0.25) is 5.91 Å². The van der Waals surface area contributed by atoms with Crippen molar-refractivity contribution in [2.45, 2.75) is 31.8 Å². The number of phenolic OH excluding ortho intramolecular Hbond substituents is 1. The minimum Gasteiger partial charge on any atom is -0.508 e. The number of benzene rings is 1. The first-order valence-electron chi connectivity index (χ1n) is 6.42. The van der Waals surface area contributed by atoms with E-state index in [0.29, 0.717) is 0 Å². The number of carbonyl (C=O) groups excluding carboxylic acids is 1. The normalized spacial score (nSPS) is 21.3. The van der Waals surface area contributed by atoms with Crippen LogP contribution in [0.15, 0.2) is 24.3 Å². The van der Waals surface area contributed by atoms with Crippen LogP contribution in [0.4, 0.5) is 0 Å². The van der Waals surface area contributed by atoms with E-state index in [1.54, 1.807) is 17.0 Å². The van der Waals surface area contributed by atoms with Gasteiger partial charge >= 0.3 is 0 Å². The number of nitrogens with zero attached hydrogens (tertiary/aromatic N) is 1. The summed E-state index contributed by atoms with van der Waals surface area (Å²) in [7, 11) is 1.82. The smallest absolute Gasteiger partial charge is 0.239 e. The third-order valence-corrected chi connectivity index (χ3v) is 3.55. The van der Waals surface area contributed by atoms with Gasteiger partial charge < -0.3 is 10.0 Å². The molecule has 1 aliphatic rings. The molecule has 1 aliphatic heterocycles. The molecule has 0 bridgehead atoms. The Labute approximate surface area is 108 Å². The summed E-state index contributed by atoms with van der Waals surface area (Å²) in [6.45, 7) is 2.85. The average molecular weight is 248 g/mol. The van der Waals surface area contributed by atoms with Crippen molar-refractivity contribution in [2.24, 2.45) is 0 Å². The van der Waals surface area contributed by atoms with Crippen molar-refractivity contribution in [1.82, 2.24) is 10.2 Å². The maximum absolute atomic E-state index is 11.9. The Morgan fingerprint density at radius 3 is 2.78 bits per heavy atom. The summed E-state index contributed by atoms with van der Waals surface area (Å²) in [5, 5.41) is 13.2. The van der Waals surface area contributed by atoms with Crippen molar-refractivity contribution in [2.75, 3.05) is 13.6 Å². The Morgan fingerprint density at radius 2 is 2.22 bits per heavy atom. The number of amides is 1. The van der Waals surface area contributed by atoms with Crippen LogP contribution in [0.2, 0.25) is 0 Å². The lowest BCUT2D eigenvalue weighted by molar-refractivity contribution is -0.128. The van der Waals surface area contributed by atoms with E-state index in [1.807, 2.05) is 26.1 Å². The van der Waals surface area contributed by atoms with Crippen LogP contribution in [0, 0.1) is 0 Å². The first-order chi connectivity index (χ1) is 8.63. The molecule has 2 unspecified atom stereocenters. The van der Waals surface area contributed by atoms with E-state index in [1.165, 1.54) is 0 Å². The van der Waals surface area contributed by atoms with Crippen LogP contribution < -0.4 is 5.32 Å². The molecule has 1 saturated heterocycles. The fraction of sp³-hybridized carbons (Fsp3) is 0.500. The van der Waals surface area contributed by atoms with Crippen LogP contribution in [0.3, 0.4) is 0 Å². The number of rotatable bonds is 4. The Bertz CT molecular complexity index is 434. The van der Waals surface area contributed by atoms with Crippen molar-refractivity contribution < 1.29 is 9.90 Å². The van der Waals surface area contributed by atoms with E-state index in [0.717, 1.165) is 24.9 Å². The fourth-order valence-corrected chi connectivity index (χ4v) is 2.43. The van der Waals surface area contributed by atoms with Crippen molar-refractivity contribution in [1.29, 1.82) is 0 Å². The Balaban J connectivity index is 2.11. The molecular weight excluding hydrogens is 228 g/mol. The lowest BCUT2D eigenvalue weighted by Gasteiger charge is -2.22. The minimum atomic E-state index is -0.125. The number of hydrogen-bond acceptors (Lipinski definition) is 3. The predicted molar refractivity (Wildman–Crippen MR) is 70.3 cm³/mol. The maximum atomic E-state index is 11.9. The molecule has 4 nitrogen and oxygen atoms in total. The van der Waals surface area contributed by atoms with Crippen molar-refractivity contribution in [3.8, 4) is 5.75 Å². The maximum Gasteiger partial charge on any atom is 0.239 e. The number of carbonyl (C=O) groups is 1. The molecular formula is C14H20N2O2. The minimum absolute atomic E-state index is 0.0200. The van der Waals surface area contributed by atoms with Crippen molar-refractivity contribution >= 4 is 5.91 Å². The molecule has 1 amide bonds. The molecule has 0 aliphatic carbocycles. The van der Waals surface area contributed by atoms with Crippen LogP contribution in [-0.2, 0) is 4.79 Å². The van der Waals surface area contributed by atoms with Gasteiger partial charge in [-0.15, -0.1) is 0 Å². The monoisotopic (exact) mass is 248 g/mol. The van der Waals surface area contributed by atoms with Crippen LogP contribution in [0.25, 0.3) is 0 Å². The zero-order valence-electron chi connectivity index (χ0n) is 10.9. The SMILES string of the molecule is CCC(NC1CCN(C)C1=O)c1ccccc1O. The van der Waals surface area contributed by atoms with Gasteiger partial charge in [-0.25, -0.2) is 0 Å². The van der Waals surface area contributed by atoms with Gasteiger partial charge in [0.25, 0.3) is 0 Å². The van der Waals surface area contributed by atoms with Gasteiger partial charge in [-0.3, -0.25) is 10.1 Å². The van der Waals surface area contributed by atoms with Crippen LogP contribution in [0.5, 0.6) is 5.75 Å². The van der Waals surface area contributed by atoms with E-state index >= 15 is 0 Å². The Kier molecular flexibility index (Phi) is 3.87. The standard InChI is InChI=1S/C14H20N2O2/c1-3-11(10-6-4-5-7-13(10)17)15-12-8-9-16(2)14(12)18/h4-7,11-12,15,17H,3,8-9H2,1-2H3. The summed E-state index contributed by atoms with van der Waals surface area (Å²) in [5.74, 6) is 0.430. The molecule has 1 aromatic carbocycles. The van der Waals surface area contributed by atoms with E-state index < -0.39 is 0 Å². The van der Waals surface area contributed by atoms with E-state index in [-0.39, 0.29) is 23.7 Å². The zero-order chi connectivity index (χ0) is 13.1. The zero-order valence-corrected chi connectivity index (χ0v) is 10.9. The fourth-order valence-electron chi connectivity index (χ4n) is 2.43. The molecule has 4 heteroatoms. The number of nitrogens with one attached hydrogen (secondary N) is 1. The second-order valence-corrected chi connectivity index (χ2v) is 4.79. The molecule has 1 fully saturated rings. The molecule has 18 heavy (non-hydrogen) atoms. The van der Waals surface area contributed by atoms with Crippen LogP contribution in [-0.4, -0.2) is 35.5 Å². The summed E-state index contributed by atoms with van der Waals surface area (Å²) in [4.78, 5) is 13.6. The third kappa shape index (κ3) is 2.48. The first kappa shape index (κ1) is 12.9. The number of hydrogen-bond donors (Lipinski definition) is 2. The summed E-state index contributed by atoms with van der Waals surface area (Å²) in [6, 6.07) is 7.19.